The summed E-state index contributed by atoms with van der Waals surface area (Å²) < 4.78 is 8.78. The number of ether oxygens (including phenoxy) is 1. The van der Waals surface area contributed by atoms with Crippen LogP contribution in [0.2, 0.25) is 0 Å². The van der Waals surface area contributed by atoms with E-state index in [1.54, 1.807) is 11.3 Å². The predicted octanol–water partition coefficient (Wildman–Crippen LogP) is 8.14. The van der Waals surface area contributed by atoms with E-state index in [0.29, 0.717) is 11.3 Å². The lowest BCUT2D eigenvalue weighted by atomic mass is 10.1. The van der Waals surface area contributed by atoms with Crippen molar-refractivity contribution in [1.82, 2.24) is 4.57 Å². The van der Waals surface area contributed by atoms with E-state index in [2.05, 4.69) is 54.1 Å². The third-order valence-corrected chi connectivity index (χ3v) is 8.05. The Balaban J connectivity index is 1.78. The van der Waals surface area contributed by atoms with Gasteiger partial charge in [0.25, 0.3) is 0 Å². The van der Waals surface area contributed by atoms with Gasteiger partial charge in [0.1, 0.15) is 29.5 Å². The first-order valence-electron chi connectivity index (χ1n) is 12.2. The smallest absolute Gasteiger partial charge is 0.148 e. The third-order valence-electron chi connectivity index (χ3n) is 6.05. The number of benzene rings is 1. The summed E-state index contributed by atoms with van der Waals surface area (Å²) in [7, 11) is 0. The average Bonchev–Trinajstić information content (AvgIpc) is 3.69. The first-order chi connectivity index (χ1) is 18.1. The van der Waals surface area contributed by atoms with Crippen LogP contribution in [-0.4, -0.2) is 10.7 Å². The van der Waals surface area contributed by atoms with Gasteiger partial charge in [-0.3, -0.25) is 0 Å². The number of para-hydroxylation sites is 2. The SMILES string of the molecule is CCCC(CC)Oc1ccccc1-n1c(Cc2ccc(C(C#N)=C(C#N)C#N)s2)ccc1-c1cccs1. The molecule has 0 fully saturated rings. The minimum Gasteiger partial charge on any atom is -0.488 e. The van der Waals surface area contributed by atoms with Crippen LogP contribution < -0.4 is 4.74 Å². The van der Waals surface area contributed by atoms with E-state index < -0.39 is 0 Å². The predicted molar refractivity (Wildman–Crippen MR) is 150 cm³/mol. The number of allylic oxidation sites excluding steroid dienone is 2. The quantitative estimate of drug-likeness (QED) is 0.197. The lowest BCUT2D eigenvalue weighted by Gasteiger charge is -2.22. The molecule has 1 unspecified atom stereocenters. The fourth-order valence-electron chi connectivity index (χ4n) is 4.26. The number of hydrogen-bond donors (Lipinski definition) is 0. The summed E-state index contributed by atoms with van der Waals surface area (Å²) in [5.74, 6) is 0.854. The molecule has 0 N–H and O–H groups in total. The monoisotopic (exact) mass is 522 g/mol. The fourth-order valence-corrected chi connectivity index (χ4v) is 6.03. The summed E-state index contributed by atoms with van der Waals surface area (Å²) >= 11 is 3.12. The molecule has 0 saturated carbocycles. The van der Waals surface area contributed by atoms with Gasteiger partial charge in [0.15, 0.2) is 0 Å². The maximum Gasteiger partial charge on any atom is 0.148 e. The molecule has 1 aromatic carbocycles. The Labute approximate surface area is 225 Å². The standard InChI is InChI=1S/C30H26N4OS2/c1-3-8-23(4-2)35-28-10-6-5-9-26(28)34-22(12-14-27(34)30-11-7-16-36-30)17-24-13-15-29(37-24)25(20-33)21(18-31)19-32/h5-7,9-16,23H,3-4,8,17H2,1-2H3. The van der Waals surface area contributed by atoms with Crippen molar-refractivity contribution in [2.45, 2.75) is 45.6 Å². The molecule has 0 amide bonds. The third kappa shape index (κ3) is 5.68. The topological polar surface area (TPSA) is 85.5 Å². The molecule has 0 aliphatic carbocycles. The van der Waals surface area contributed by atoms with Gasteiger partial charge in [0.2, 0.25) is 0 Å². The van der Waals surface area contributed by atoms with E-state index in [0.717, 1.165) is 51.8 Å². The summed E-state index contributed by atoms with van der Waals surface area (Å²) in [5, 5.41) is 30.1. The zero-order valence-electron chi connectivity index (χ0n) is 20.8. The zero-order chi connectivity index (χ0) is 26.2. The Morgan fingerprint density at radius 2 is 1.76 bits per heavy atom. The van der Waals surface area contributed by atoms with Crippen molar-refractivity contribution in [3.05, 3.63) is 87.1 Å². The molecular formula is C30H26N4OS2. The van der Waals surface area contributed by atoms with E-state index in [-0.39, 0.29) is 17.3 Å². The molecule has 3 heterocycles. The van der Waals surface area contributed by atoms with E-state index in [1.165, 1.54) is 11.3 Å². The lowest BCUT2D eigenvalue weighted by molar-refractivity contribution is 0.185. The average molecular weight is 523 g/mol. The van der Waals surface area contributed by atoms with Crippen LogP contribution in [0.4, 0.5) is 0 Å². The minimum atomic E-state index is -0.164. The molecule has 0 bridgehead atoms. The highest BCUT2D eigenvalue weighted by atomic mass is 32.1. The number of hydrogen-bond acceptors (Lipinski definition) is 6. The Kier molecular flexibility index (Phi) is 8.60. The van der Waals surface area contributed by atoms with Crippen molar-refractivity contribution in [2.75, 3.05) is 0 Å². The maximum atomic E-state index is 9.55. The van der Waals surface area contributed by atoms with Crippen molar-refractivity contribution in [2.24, 2.45) is 0 Å². The molecule has 1 atom stereocenters. The van der Waals surface area contributed by atoms with Gasteiger partial charge in [-0.2, -0.15) is 15.8 Å². The van der Waals surface area contributed by atoms with E-state index in [9.17, 15) is 15.8 Å². The lowest BCUT2D eigenvalue weighted by Crippen LogP contribution is -2.16. The van der Waals surface area contributed by atoms with Crippen LogP contribution in [0.25, 0.3) is 21.8 Å². The molecule has 0 aliphatic rings. The highest BCUT2D eigenvalue weighted by molar-refractivity contribution is 7.13. The molecule has 5 nitrogen and oxygen atoms in total. The van der Waals surface area contributed by atoms with Crippen LogP contribution in [0.5, 0.6) is 5.75 Å². The summed E-state index contributed by atoms with van der Waals surface area (Å²) in [5.41, 5.74) is 3.13. The van der Waals surface area contributed by atoms with Crippen LogP contribution in [0.1, 0.15) is 48.6 Å². The van der Waals surface area contributed by atoms with E-state index in [4.69, 9.17) is 4.74 Å². The van der Waals surface area contributed by atoms with Crippen molar-refractivity contribution >= 4 is 28.2 Å². The Morgan fingerprint density at radius 1 is 0.946 bits per heavy atom. The van der Waals surface area contributed by atoms with E-state index >= 15 is 0 Å². The van der Waals surface area contributed by atoms with Gasteiger partial charge in [-0.25, -0.2) is 0 Å². The molecule has 0 spiro atoms. The molecule has 4 rings (SSSR count). The Morgan fingerprint density at radius 3 is 2.43 bits per heavy atom. The first-order valence-corrected chi connectivity index (χ1v) is 13.9. The molecular weight excluding hydrogens is 496 g/mol. The maximum absolute atomic E-state index is 9.55. The molecule has 0 radical (unpaired) electrons. The number of nitriles is 3. The zero-order valence-corrected chi connectivity index (χ0v) is 22.4. The molecule has 3 aromatic heterocycles. The molecule has 37 heavy (non-hydrogen) atoms. The van der Waals surface area contributed by atoms with E-state index in [1.807, 2.05) is 48.5 Å². The van der Waals surface area contributed by atoms with Gasteiger partial charge in [-0.15, -0.1) is 22.7 Å². The molecule has 7 heteroatoms. The molecule has 184 valence electrons. The van der Waals surface area contributed by atoms with Crippen molar-refractivity contribution < 1.29 is 4.74 Å². The summed E-state index contributed by atoms with van der Waals surface area (Å²) in [6.45, 7) is 4.33. The number of aromatic nitrogens is 1. The van der Waals surface area contributed by atoms with Crippen LogP contribution in [0, 0.1) is 34.0 Å². The second-order valence-corrected chi connectivity index (χ2v) is 10.6. The normalized spacial score (nSPS) is 11.2. The largest absolute Gasteiger partial charge is 0.488 e. The van der Waals surface area contributed by atoms with Gasteiger partial charge in [-0.1, -0.05) is 38.5 Å². The van der Waals surface area contributed by atoms with Crippen molar-refractivity contribution in [3.8, 4) is 40.2 Å². The van der Waals surface area contributed by atoms with Crippen LogP contribution in [0.3, 0.4) is 0 Å². The highest BCUT2D eigenvalue weighted by Crippen LogP contribution is 2.36. The van der Waals surface area contributed by atoms with Crippen LogP contribution >= 0.6 is 22.7 Å². The van der Waals surface area contributed by atoms with Gasteiger partial charge >= 0.3 is 0 Å². The molecule has 4 aromatic rings. The van der Waals surface area contributed by atoms with Crippen molar-refractivity contribution in [1.29, 1.82) is 15.8 Å². The van der Waals surface area contributed by atoms with Crippen molar-refractivity contribution in [3.63, 3.8) is 0 Å². The minimum absolute atomic E-state index is 0.121. The molecule has 0 aliphatic heterocycles. The number of nitrogens with zero attached hydrogens (tertiary/aromatic N) is 4. The Bertz CT molecular complexity index is 1500. The summed E-state index contributed by atoms with van der Waals surface area (Å²) in [6, 6.07) is 26.1. The van der Waals surface area contributed by atoms with Gasteiger partial charge in [0.05, 0.1) is 27.9 Å². The van der Waals surface area contributed by atoms with Gasteiger partial charge < -0.3 is 9.30 Å². The van der Waals surface area contributed by atoms with Gasteiger partial charge in [-0.05, 0) is 60.7 Å². The fraction of sp³-hybridized carbons (Fsp3) is 0.233. The Hall–Kier alpha value is -4.09. The van der Waals surface area contributed by atoms with Crippen LogP contribution in [-0.2, 0) is 6.42 Å². The molecule has 0 saturated heterocycles. The summed E-state index contributed by atoms with van der Waals surface area (Å²) in [4.78, 5) is 2.82. The second-order valence-electron chi connectivity index (χ2n) is 8.46. The van der Waals surface area contributed by atoms with Gasteiger partial charge in [0, 0.05) is 21.9 Å². The highest BCUT2D eigenvalue weighted by Gasteiger charge is 2.19. The summed E-state index contributed by atoms with van der Waals surface area (Å²) in [6.07, 6.45) is 3.79. The number of thiophene rings is 2. The number of rotatable bonds is 10. The first kappa shape index (κ1) is 26.0. The van der Waals surface area contributed by atoms with Crippen LogP contribution in [0.15, 0.2) is 71.6 Å². The second kappa shape index (κ2) is 12.2.